The molecular formula is C14H23ClN2O2S. The fourth-order valence-electron chi connectivity index (χ4n) is 1.52. The predicted octanol–water partition coefficient (Wildman–Crippen LogP) is 2.37. The number of nitrogens with two attached hydrogens (primary N) is 1. The van der Waals surface area contributed by atoms with Crippen LogP contribution in [0.2, 0.25) is 0 Å². The molecule has 1 amide bonds. The van der Waals surface area contributed by atoms with Crippen molar-refractivity contribution in [1.29, 1.82) is 0 Å². The Morgan fingerprint density at radius 3 is 2.45 bits per heavy atom. The van der Waals surface area contributed by atoms with Gasteiger partial charge in [-0.2, -0.15) is 0 Å². The molecule has 0 heterocycles. The second kappa shape index (κ2) is 10.0. The number of carbonyl (C=O) groups excluding carboxylic acids is 1. The summed E-state index contributed by atoms with van der Waals surface area (Å²) in [6.07, 6.45) is 0. The van der Waals surface area contributed by atoms with Crippen molar-refractivity contribution in [3.63, 3.8) is 0 Å². The third-order valence-electron chi connectivity index (χ3n) is 2.71. The Balaban J connectivity index is 0.00000361. The normalized spacial score (nSPS) is 13.2. The van der Waals surface area contributed by atoms with Crippen LogP contribution in [0.4, 0.5) is 0 Å². The van der Waals surface area contributed by atoms with Gasteiger partial charge in [0.05, 0.1) is 18.7 Å². The lowest BCUT2D eigenvalue weighted by Gasteiger charge is -2.16. The average molecular weight is 319 g/mol. The average Bonchev–Trinajstić information content (AvgIpc) is 2.39. The molecule has 20 heavy (non-hydrogen) atoms. The van der Waals surface area contributed by atoms with Crippen molar-refractivity contribution in [1.82, 2.24) is 5.32 Å². The van der Waals surface area contributed by atoms with Gasteiger partial charge in [0.15, 0.2) is 0 Å². The zero-order chi connectivity index (χ0) is 14.3. The van der Waals surface area contributed by atoms with Gasteiger partial charge >= 0.3 is 0 Å². The van der Waals surface area contributed by atoms with Crippen molar-refractivity contribution >= 4 is 30.1 Å². The fourth-order valence-corrected chi connectivity index (χ4v) is 2.34. The van der Waals surface area contributed by atoms with E-state index in [0.717, 1.165) is 17.9 Å². The first kappa shape index (κ1) is 19.2. The molecule has 0 saturated carbocycles. The van der Waals surface area contributed by atoms with E-state index in [4.69, 9.17) is 10.5 Å². The molecule has 0 aliphatic rings. The minimum atomic E-state index is -0.480. The summed E-state index contributed by atoms with van der Waals surface area (Å²) >= 11 is 1.75. The summed E-state index contributed by atoms with van der Waals surface area (Å²) in [5.74, 6) is 0.804. The summed E-state index contributed by atoms with van der Waals surface area (Å²) in [6.45, 7) is 4.37. The second-order valence-corrected chi connectivity index (χ2v) is 5.60. The van der Waals surface area contributed by atoms with E-state index in [1.807, 2.05) is 19.1 Å². The topological polar surface area (TPSA) is 64.3 Å². The van der Waals surface area contributed by atoms with Crippen LogP contribution in [0.3, 0.4) is 0 Å². The van der Waals surface area contributed by atoms with Gasteiger partial charge in [-0.15, -0.1) is 24.2 Å². The largest absolute Gasteiger partial charge is 0.384 e. The third-order valence-corrected chi connectivity index (χ3v) is 3.68. The van der Waals surface area contributed by atoms with Gasteiger partial charge in [0, 0.05) is 17.8 Å². The van der Waals surface area contributed by atoms with E-state index >= 15 is 0 Å². The summed E-state index contributed by atoms with van der Waals surface area (Å²) in [5.41, 5.74) is 6.60. The monoisotopic (exact) mass is 318 g/mol. The smallest absolute Gasteiger partial charge is 0.237 e. The van der Waals surface area contributed by atoms with Crippen molar-refractivity contribution < 1.29 is 9.53 Å². The lowest BCUT2D eigenvalue weighted by atomic mass is 10.1. The van der Waals surface area contributed by atoms with Crippen LogP contribution in [-0.4, -0.2) is 31.4 Å². The number of methoxy groups -OCH3 is 1. The van der Waals surface area contributed by atoms with Crippen molar-refractivity contribution in [2.24, 2.45) is 5.73 Å². The molecule has 3 N–H and O–H groups in total. The highest BCUT2D eigenvalue weighted by Crippen LogP contribution is 2.20. The number of thioether (sulfide) groups is 1. The highest BCUT2D eigenvalue weighted by Gasteiger charge is 2.12. The van der Waals surface area contributed by atoms with Gasteiger partial charge in [-0.3, -0.25) is 4.79 Å². The molecule has 2 atom stereocenters. The number of rotatable bonds is 7. The Bertz CT molecular complexity index is 399. The minimum absolute atomic E-state index is 0. The number of benzene rings is 1. The van der Waals surface area contributed by atoms with Crippen molar-refractivity contribution in [3.05, 3.63) is 29.8 Å². The molecule has 0 spiro atoms. The Labute approximate surface area is 131 Å². The number of carbonyl (C=O) groups is 1. The Kier molecular flexibility index (Phi) is 9.67. The molecule has 0 radical (unpaired) electrons. The number of amides is 1. The first-order chi connectivity index (χ1) is 9.04. The summed E-state index contributed by atoms with van der Waals surface area (Å²) in [7, 11) is 1.70. The number of halogens is 1. The Morgan fingerprint density at radius 2 is 1.95 bits per heavy atom. The molecule has 1 aromatic rings. The number of ether oxygens (including phenoxy) is 1. The quantitative estimate of drug-likeness (QED) is 0.598. The van der Waals surface area contributed by atoms with E-state index in [-0.39, 0.29) is 24.4 Å². The summed E-state index contributed by atoms with van der Waals surface area (Å²) < 4.78 is 5.01. The highest BCUT2D eigenvalue weighted by atomic mass is 35.5. The maximum Gasteiger partial charge on any atom is 0.237 e. The molecule has 0 aromatic heterocycles. The van der Waals surface area contributed by atoms with Gasteiger partial charge in [0.1, 0.15) is 0 Å². The summed E-state index contributed by atoms with van der Waals surface area (Å²) in [4.78, 5) is 12.7. The molecular weight excluding hydrogens is 296 g/mol. The highest BCUT2D eigenvalue weighted by molar-refractivity contribution is 7.99. The van der Waals surface area contributed by atoms with Gasteiger partial charge in [0.2, 0.25) is 5.91 Å². The molecule has 114 valence electrons. The van der Waals surface area contributed by atoms with Gasteiger partial charge in [-0.1, -0.05) is 12.1 Å². The molecule has 4 nitrogen and oxygen atoms in total. The minimum Gasteiger partial charge on any atom is -0.384 e. The van der Waals surface area contributed by atoms with Crippen LogP contribution in [0, 0.1) is 0 Å². The van der Waals surface area contributed by atoms with Crippen LogP contribution >= 0.6 is 24.2 Å². The lowest BCUT2D eigenvalue weighted by Crippen LogP contribution is -2.39. The van der Waals surface area contributed by atoms with Crippen molar-refractivity contribution in [2.45, 2.75) is 30.8 Å². The van der Waals surface area contributed by atoms with E-state index in [1.54, 1.807) is 25.8 Å². The first-order valence-corrected chi connectivity index (χ1v) is 7.30. The van der Waals surface area contributed by atoms with Crippen molar-refractivity contribution in [3.8, 4) is 0 Å². The number of nitrogens with one attached hydrogen (secondary N) is 1. The van der Waals surface area contributed by atoms with Crippen LogP contribution in [-0.2, 0) is 9.53 Å². The molecule has 6 heteroatoms. The van der Waals surface area contributed by atoms with Gasteiger partial charge in [-0.25, -0.2) is 0 Å². The molecule has 1 aromatic carbocycles. The maximum absolute atomic E-state index is 11.5. The summed E-state index contributed by atoms with van der Waals surface area (Å²) in [6, 6.07) is 7.67. The van der Waals surface area contributed by atoms with Crippen LogP contribution in [0.5, 0.6) is 0 Å². The number of hydrogen-bond donors (Lipinski definition) is 2. The Morgan fingerprint density at radius 1 is 1.35 bits per heavy atom. The van der Waals surface area contributed by atoms with Gasteiger partial charge in [-0.05, 0) is 31.5 Å². The third kappa shape index (κ3) is 6.61. The van der Waals surface area contributed by atoms with Crippen molar-refractivity contribution in [2.75, 3.05) is 19.5 Å². The zero-order valence-electron chi connectivity index (χ0n) is 12.1. The fraction of sp³-hybridized carbons (Fsp3) is 0.500. The molecule has 0 saturated heterocycles. The molecule has 0 aliphatic carbocycles. The predicted molar refractivity (Wildman–Crippen MR) is 86.5 cm³/mol. The molecule has 0 fully saturated rings. The van der Waals surface area contributed by atoms with Crippen LogP contribution in [0.15, 0.2) is 29.2 Å². The van der Waals surface area contributed by atoms with Gasteiger partial charge in [0.25, 0.3) is 0 Å². The molecule has 0 bridgehead atoms. The second-order valence-electron chi connectivity index (χ2n) is 4.43. The summed E-state index contributed by atoms with van der Waals surface area (Å²) in [5, 5.41) is 2.88. The maximum atomic E-state index is 11.5. The number of hydrogen-bond acceptors (Lipinski definition) is 4. The lowest BCUT2D eigenvalue weighted by molar-refractivity contribution is -0.122. The van der Waals surface area contributed by atoms with Crippen LogP contribution in [0.25, 0.3) is 0 Å². The SMILES string of the molecule is COCCSc1ccc(C(C)NC(=O)[C@@H](C)N)cc1.Cl. The van der Waals surface area contributed by atoms with E-state index in [1.165, 1.54) is 4.90 Å². The van der Waals surface area contributed by atoms with E-state index in [2.05, 4.69) is 17.4 Å². The van der Waals surface area contributed by atoms with Crippen LogP contribution in [0.1, 0.15) is 25.5 Å². The van der Waals surface area contributed by atoms with E-state index < -0.39 is 6.04 Å². The first-order valence-electron chi connectivity index (χ1n) is 6.32. The zero-order valence-corrected chi connectivity index (χ0v) is 13.7. The molecule has 0 aliphatic heterocycles. The van der Waals surface area contributed by atoms with Crippen LogP contribution < -0.4 is 11.1 Å². The molecule has 1 unspecified atom stereocenters. The standard InChI is InChI=1S/C14H22N2O2S.ClH/c1-10(15)14(17)16-11(2)12-4-6-13(7-5-12)19-9-8-18-3;/h4-7,10-11H,8-9,15H2,1-3H3,(H,16,17);1H/t10-,11?;/m1./s1. The van der Waals surface area contributed by atoms with E-state index in [0.29, 0.717) is 0 Å². The van der Waals surface area contributed by atoms with Gasteiger partial charge < -0.3 is 15.8 Å². The Hall–Kier alpha value is -0.750. The molecule has 1 rings (SSSR count). The van der Waals surface area contributed by atoms with E-state index in [9.17, 15) is 4.79 Å².